The lowest BCUT2D eigenvalue weighted by Crippen LogP contribution is -2.39. The van der Waals surface area contributed by atoms with Crippen LogP contribution in [-0.4, -0.2) is 27.9 Å². The number of ether oxygens (including phenoxy) is 1. The van der Waals surface area contributed by atoms with Crippen molar-refractivity contribution in [2.75, 3.05) is 7.11 Å². The first-order valence-electron chi connectivity index (χ1n) is 7.39. The van der Waals surface area contributed by atoms with Crippen molar-refractivity contribution in [1.82, 2.24) is 20.1 Å². The number of hydrogen-bond donors (Lipinski definition) is 1. The SMILES string of the molecule is COCc1nc2n(n1)CC(NC(C)c1sccc1C)CC2. The van der Waals surface area contributed by atoms with Crippen LogP contribution in [0.5, 0.6) is 0 Å². The van der Waals surface area contributed by atoms with Gasteiger partial charge in [0, 0.05) is 30.5 Å². The predicted molar refractivity (Wildman–Crippen MR) is 83.5 cm³/mol. The van der Waals surface area contributed by atoms with Crippen molar-refractivity contribution >= 4 is 11.3 Å². The number of hydrogen-bond acceptors (Lipinski definition) is 5. The van der Waals surface area contributed by atoms with Gasteiger partial charge < -0.3 is 10.1 Å². The van der Waals surface area contributed by atoms with Crippen molar-refractivity contribution in [3.05, 3.63) is 33.5 Å². The van der Waals surface area contributed by atoms with E-state index in [9.17, 15) is 0 Å². The fraction of sp³-hybridized carbons (Fsp3) is 0.600. The molecule has 0 aliphatic carbocycles. The molecular weight excluding hydrogens is 284 g/mol. The molecule has 114 valence electrons. The number of thiophene rings is 1. The molecule has 1 aliphatic rings. The van der Waals surface area contributed by atoms with Crippen LogP contribution < -0.4 is 5.32 Å². The number of aryl methyl sites for hydroxylation is 2. The van der Waals surface area contributed by atoms with Crippen LogP contribution in [0.4, 0.5) is 0 Å². The van der Waals surface area contributed by atoms with E-state index in [-0.39, 0.29) is 0 Å². The molecule has 1 aliphatic heterocycles. The lowest BCUT2D eigenvalue weighted by molar-refractivity contribution is 0.177. The van der Waals surface area contributed by atoms with Crippen molar-refractivity contribution in [3.63, 3.8) is 0 Å². The second-order valence-corrected chi connectivity index (χ2v) is 6.60. The molecule has 6 heteroatoms. The van der Waals surface area contributed by atoms with Crippen molar-refractivity contribution in [3.8, 4) is 0 Å². The normalized spacial score (nSPS) is 19.5. The quantitative estimate of drug-likeness (QED) is 0.922. The van der Waals surface area contributed by atoms with Crippen LogP contribution >= 0.6 is 11.3 Å². The zero-order valence-electron chi connectivity index (χ0n) is 12.8. The smallest absolute Gasteiger partial charge is 0.176 e. The largest absolute Gasteiger partial charge is 0.377 e. The molecule has 1 N–H and O–H groups in total. The van der Waals surface area contributed by atoms with Gasteiger partial charge >= 0.3 is 0 Å². The van der Waals surface area contributed by atoms with E-state index >= 15 is 0 Å². The topological polar surface area (TPSA) is 52.0 Å². The van der Waals surface area contributed by atoms with Gasteiger partial charge in [-0.15, -0.1) is 11.3 Å². The van der Waals surface area contributed by atoms with Crippen LogP contribution in [0, 0.1) is 6.92 Å². The number of rotatable bonds is 5. The van der Waals surface area contributed by atoms with Crippen LogP contribution in [-0.2, 0) is 24.3 Å². The average Bonchev–Trinajstić information content (AvgIpc) is 3.04. The van der Waals surface area contributed by atoms with Crippen LogP contribution in [0.25, 0.3) is 0 Å². The van der Waals surface area contributed by atoms with Crippen LogP contribution in [0.1, 0.15) is 41.5 Å². The Bertz CT molecular complexity index is 607. The molecule has 0 fully saturated rings. The number of nitrogens with one attached hydrogen (secondary N) is 1. The molecule has 3 heterocycles. The summed E-state index contributed by atoms with van der Waals surface area (Å²) in [6.45, 7) is 5.80. The molecule has 0 saturated carbocycles. The summed E-state index contributed by atoms with van der Waals surface area (Å²) < 4.78 is 7.14. The van der Waals surface area contributed by atoms with E-state index in [1.807, 2.05) is 16.0 Å². The Morgan fingerprint density at radius 1 is 1.57 bits per heavy atom. The molecule has 0 spiro atoms. The van der Waals surface area contributed by atoms with Crippen molar-refractivity contribution < 1.29 is 4.74 Å². The van der Waals surface area contributed by atoms with Gasteiger partial charge in [0.15, 0.2) is 5.82 Å². The molecule has 2 atom stereocenters. The van der Waals surface area contributed by atoms with Crippen molar-refractivity contribution in [1.29, 1.82) is 0 Å². The number of nitrogens with zero attached hydrogens (tertiary/aromatic N) is 3. The highest BCUT2D eigenvalue weighted by Crippen LogP contribution is 2.25. The third-order valence-corrected chi connectivity index (χ3v) is 5.16. The molecule has 2 unspecified atom stereocenters. The van der Waals surface area contributed by atoms with E-state index in [4.69, 9.17) is 4.74 Å². The van der Waals surface area contributed by atoms with Gasteiger partial charge in [-0.1, -0.05) is 0 Å². The first kappa shape index (κ1) is 14.7. The summed E-state index contributed by atoms with van der Waals surface area (Å²) in [4.78, 5) is 5.95. The second-order valence-electron chi connectivity index (χ2n) is 5.65. The molecule has 0 radical (unpaired) electrons. The molecule has 0 bridgehead atoms. The van der Waals surface area contributed by atoms with E-state index in [0.717, 1.165) is 31.0 Å². The monoisotopic (exact) mass is 306 g/mol. The Morgan fingerprint density at radius 2 is 2.43 bits per heavy atom. The minimum atomic E-state index is 0.388. The second kappa shape index (κ2) is 6.25. The van der Waals surface area contributed by atoms with E-state index < -0.39 is 0 Å². The summed E-state index contributed by atoms with van der Waals surface area (Å²) in [7, 11) is 1.68. The van der Waals surface area contributed by atoms with Crippen molar-refractivity contribution in [2.45, 2.75) is 51.9 Å². The zero-order chi connectivity index (χ0) is 14.8. The molecule has 21 heavy (non-hydrogen) atoms. The van der Waals surface area contributed by atoms with E-state index in [1.165, 1.54) is 10.4 Å². The fourth-order valence-corrected chi connectivity index (χ4v) is 3.89. The molecule has 2 aromatic heterocycles. The van der Waals surface area contributed by atoms with Gasteiger partial charge in [-0.05, 0) is 37.3 Å². The predicted octanol–water partition coefficient (Wildman–Crippen LogP) is 2.46. The third kappa shape index (κ3) is 3.17. The minimum Gasteiger partial charge on any atom is -0.377 e. The van der Waals surface area contributed by atoms with Gasteiger partial charge in [-0.2, -0.15) is 5.10 Å². The molecular formula is C15H22N4OS. The van der Waals surface area contributed by atoms with E-state index in [0.29, 0.717) is 18.7 Å². The maximum atomic E-state index is 5.11. The average molecular weight is 306 g/mol. The molecule has 5 nitrogen and oxygen atoms in total. The van der Waals surface area contributed by atoms with Gasteiger partial charge in [0.05, 0.1) is 6.54 Å². The van der Waals surface area contributed by atoms with Gasteiger partial charge in [-0.25, -0.2) is 9.67 Å². The maximum Gasteiger partial charge on any atom is 0.176 e. The Morgan fingerprint density at radius 3 is 3.14 bits per heavy atom. The van der Waals surface area contributed by atoms with Gasteiger partial charge in [0.25, 0.3) is 0 Å². The highest BCUT2D eigenvalue weighted by atomic mass is 32.1. The maximum absolute atomic E-state index is 5.11. The van der Waals surface area contributed by atoms with Crippen LogP contribution in [0.2, 0.25) is 0 Å². The van der Waals surface area contributed by atoms with Crippen LogP contribution in [0.3, 0.4) is 0 Å². The number of methoxy groups -OCH3 is 1. The molecule has 0 aromatic carbocycles. The first-order chi connectivity index (χ1) is 10.2. The summed E-state index contributed by atoms with van der Waals surface area (Å²) in [6.07, 6.45) is 2.09. The molecule has 0 amide bonds. The first-order valence-corrected chi connectivity index (χ1v) is 8.27. The highest BCUT2D eigenvalue weighted by molar-refractivity contribution is 7.10. The Labute approximate surface area is 129 Å². The highest BCUT2D eigenvalue weighted by Gasteiger charge is 2.23. The standard InChI is InChI=1S/C15H22N4OS/c1-10-6-7-21-15(10)11(2)16-12-4-5-14-17-13(9-20-3)18-19(14)8-12/h6-7,11-12,16H,4-5,8-9H2,1-3H3. The molecule has 2 aromatic rings. The van der Waals surface area contributed by atoms with Crippen LogP contribution in [0.15, 0.2) is 11.4 Å². The van der Waals surface area contributed by atoms with E-state index in [1.54, 1.807) is 7.11 Å². The lowest BCUT2D eigenvalue weighted by Gasteiger charge is -2.27. The zero-order valence-corrected chi connectivity index (χ0v) is 13.6. The number of fused-ring (bicyclic) bond motifs is 1. The lowest BCUT2D eigenvalue weighted by atomic mass is 10.1. The third-order valence-electron chi connectivity index (χ3n) is 3.96. The number of aromatic nitrogens is 3. The summed E-state index contributed by atoms with van der Waals surface area (Å²) in [6, 6.07) is 3.02. The summed E-state index contributed by atoms with van der Waals surface area (Å²) in [5, 5.41) is 10.4. The summed E-state index contributed by atoms with van der Waals surface area (Å²) in [5.41, 5.74) is 1.37. The van der Waals surface area contributed by atoms with Crippen molar-refractivity contribution in [2.24, 2.45) is 0 Å². The summed E-state index contributed by atoms with van der Waals surface area (Å²) >= 11 is 1.83. The van der Waals surface area contributed by atoms with E-state index in [2.05, 4.69) is 40.7 Å². The fourth-order valence-electron chi connectivity index (χ4n) is 2.94. The van der Waals surface area contributed by atoms with Gasteiger partial charge in [0.1, 0.15) is 12.4 Å². The van der Waals surface area contributed by atoms with Gasteiger partial charge in [-0.3, -0.25) is 0 Å². The molecule has 3 rings (SSSR count). The minimum absolute atomic E-state index is 0.388. The van der Waals surface area contributed by atoms with Gasteiger partial charge in [0.2, 0.25) is 0 Å². The Kier molecular flexibility index (Phi) is 4.37. The molecule has 0 saturated heterocycles. The summed E-state index contributed by atoms with van der Waals surface area (Å²) in [5.74, 6) is 1.87. The Balaban J connectivity index is 1.64. The Hall–Kier alpha value is -1.24.